The van der Waals surface area contributed by atoms with Gasteiger partial charge in [0.05, 0.1) is 0 Å². The van der Waals surface area contributed by atoms with Crippen molar-refractivity contribution in [2.45, 2.75) is 13.0 Å². The van der Waals surface area contributed by atoms with Crippen molar-refractivity contribution in [2.24, 2.45) is 0 Å². The summed E-state index contributed by atoms with van der Waals surface area (Å²) in [4.78, 5) is 0. The zero-order valence-corrected chi connectivity index (χ0v) is 9.23. The molecule has 0 fully saturated rings. The number of hydrogen-bond donors (Lipinski definition) is 1. The van der Waals surface area contributed by atoms with E-state index in [0.717, 1.165) is 35.3 Å². The molecule has 0 amide bonds. The highest BCUT2D eigenvalue weighted by Crippen LogP contribution is 2.33. The van der Waals surface area contributed by atoms with E-state index < -0.39 is 0 Å². The highest BCUT2D eigenvalue weighted by atomic mass is 79.9. The van der Waals surface area contributed by atoms with Gasteiger partial charge in [0.25, 0.3) is 0 Å². The average Bonchev–Trinajstić information content (AvgIpc) is 2.57. The second-order valence-electron chi connectivity index (χ2n) is 3.54. The lowest BCUT2D eigenvalue weighted by Gasteiger charge is -2.11. The molecule has 1 aromatic carbocycles. The van der Waals surface area contributed by atoms with Crippen LogP contribution < -0.4 is 5.32 Å². The fourth-order valence-corrected chi connectivity index (χ4v) is 2.61. The molecule has 0 atom stereocenters. The first-order chi connectivity index (χ1) is 6.86. The second-order valence-corrected chi connectivity index (χ2v) is 4.40. The molecule has 0 bridgehead atoms. The highest BCUT2D eigenvalue weighted by molar-refractivity contribution is 9.10. The first-order valence-corrected chi connectivity index (χ1v) is 5.55. The van der Waals surface area contributed by atoms with Gasteiger partial charge in [-0.2, -0.15) is 0 Å². The van der Waals surface area contributed by atoms with Gasteiger partial charge in [-0.3, -0.25) is 0 Å². The Morgan fingerprint density at radius 3 is 3.21 bits per heavy atom. The summed E-state index contributed by atoms with van der Waals surface area (Å²) < 4.78 is 6.93. The monoisotopic (exact) mass is 251 g/mol. The summed E-state index contributed by atoms with van der Waals surface area (Å²) in [6.07, 6.45) is 0.996. The molecule has 0 saturated heterocycles. The summed E-state index contributed by atoms with van der Waals surface area (Å²) in [5.74, 6) is 1.14. The summed E-state index contributed by atoms with van der Waals surface area (Å²) in [5.41, 5.74) is 2.31. The van der Waals surface area contributed by atoms with Crippen molar-refractivity contribution >= 4 is 26.9 Å². The zero-order chi connectivity index (χ0) is 9.54. The number of hydrogen-bond acceptors (Lipinski definition) is 2. The number of furan rings is 1. The van der Waals surface area contributed by atoms with E-state index in [4.69, 9.17) is 4.42 Å². The summed E-state index contributed by atoms with van der Waals surface area (Å²) in [5, 5.41) is 4.60. The summed E-state index contributed by atoms with van der Waals surface area (Å²) in [6, 6.07) is 6.10. The van der Waals surface area contributed by atoms with Gasteiger partial charge in [-0.05, 0) is 12.1 Å². The van der Waals surface area contributed by atoms with E-state index in [1.54, 1.807) is 0 Å². The molecule has 0 saturated carbocycles. The second kappa shape index (κ2) is 3.11. The Labute approximate surface area is 90.4 Å². The van der Waals surface area contributed by atoms with Gasteiger partial charge in [0.2, 0.25) is 0 Å². The Balaban J connectivity index is 2.38. The molecule has 1 aliphatic heterocycles. The summed E-state index contributed by atoms with van der Waals surface area (Å²) in [7, 11) is 0. The van der Waals surface area contributed by atoms with Crippen LogP contribution in [-0.4, -0.2) is 6.54 Å². The van der Waals surface area contributed by atoms with Crippen LogP contribution in [0, 0.1) is 0 Å². The smallest absolute Gasteiger partial charge is 0.135 e. The van der Waals surface area contributed by atoms with Gasteiger partial charge in [0, 0.05) is 34.9 Å². The minimum atomic E-state index is 0.922. The Morgan fingerprint density at radius 1 is 1.36 bits per heavy atom. The van der Waals surface area contributed by atoms with E-state index >= 15 is 0 Å². The van der Waals surface area contributed by atoms with E-state index in [0.29, 0.717) is 0 Å². The average molecular weight is 252 g/mol. The van der Waals surface area contributed by atoms with Gasteiger partial charge in [-0.25, -0.2) is 0 Å². The van der Waals surface area contributed by atoms with Crippen LogP contribution >= 0.6 is 15.9 Å². The van der Waals surface area contributed by atoms with Gasteiger partial charge >= 0.3 is 0 Å². The van der Waals surface area contributed by atoms with Crippen molar-refractivity contribution in [3.05, 3.63) is 34.0 Å². The first-order valence-electron chi connectivity index (χ1n) is 4.76. The van der Waals surface area contributed by atoms with Crippen molar-refractivity contribution in [3.63, 3.8) is 0 Å². The fourth-order valence-electron chi connectivity index (χ4n) is 2.02. The minimum absolute atomic E-state index is 0.922. The predicted octanol–water partition coefficient (Wildman–Crippen LogP) is 2.84. The van der Waals surface area contributed by atoms with E-state index in [-0.39, 0.29) is 0 Å². The lowest BCUT2D eigenvalue weighted by molar-refractivity contribution is 0.500. The van der Waals surface area contributed by atoms with E-state index in [9.17, 15) is 0 Å². The Bertz CT molecular complexity index is 489. The number of halogens is 1. The third kappa shape index (κ3) is 1.12. The number of benzene rings is 1. The number of rotatable bonds is 0. The highest BCUT2D eigenvalue weighted by Gasteiger charge is 2.18. The van der Waals surface area contributed by atoms with E-state index in [2.05, 4.69) is 27.3 Å². The summed E-state index contributed by atoms with van der Waals surface area (Å²) >= 11 is 3.57. The van der Waals surface area contributed by atoms with Crippen molar-refractivity contribution in [1.82, 2.24) is 5.32 Å². The number of nitrogens with one attached hydrogen (secondary N) is 1. The standard InChI is InChI=1S/C11H10BrNO/c12-8-2-1-3-10-11(8)7-6-13-5-4-9(7)14-10/h1-3,13H,4-6H2. The van der Waals surface area contributed by atoms with Crippen LogP contribution in [0.4, 0.5) is 0 Å². The van der Waals surface area contributed by atoms with Gasteiger partial charge in [0.15, 0.2) is 0 Å². The predicted molar refractivity (Wildman–Crippen MR) is 59.3 cm³/mol. The lowest BCUT2D eigenvalue weighted by atomic mass is 10.1. The molecule has 0 unspecified atom stereocenters. The Morgan fingerprint density at radius 2 is 2.29 bits per heavy atom. The summed E-state index contributed by atoms with van der Waals surface area (Å²) in [6.45, 7) is 1.94. The van der Waals surface area contributed by atoms with E-state index in [1.807, 2.05) is 12.1 Å². The Kier molecular flexibility index (Phi) is 1.89. The molecule has 2 nitrogen and oxygen atoms in total. The molecule has 2 heterocycles. The Hall–Kier alpha value is -0.800. The molecule has 2 aromatic rings. The van der Waals surface area contributed by atoms with Crippen LogP contribution in [-0.2, 0) is 13.0 Å². The molecular weight excluding hydrogens is 242 g/mol. The molecule has 3 rings (SSSR count). The maximum absolute atomic E-state index is 5.80. The number of fused-ring (bicyclic) bond motifs is 3. The molecule has 1 aromatic heterocycles. The molecule has 0 aliphatic carbocycles. The molecule has 1 aliphatic rings. The van der Waals surface area contributed by atoms with Gasteiger partial charge in [-0.15, -0.1) is 0 Å². The van der Waals surface area contributed by atoms with Crippen molar-refractivity contribution in [1.29, 1.82) is 0 Å². The fraction of sp³-hybridized carbons (Fsp3) is 0.273. The van der Waals surface area contributed by atoms with E-state index in [1.165, 1.54) is 10.9 Å². The zero-order valence-electron chi connectivity index (χ0n) is 7.64. The van der Waals surface area contributed by atoms with Gasteiger partial charge < -0.3 is 9.73 Å². The molecule has 0 spiro atoms. The third-order valence-corrected chi connectivity index (χ3v) is 3.34. The molecular formula is C11H10BrNO. The first kappa shape index (κ1) is 8.50. The minimum Gasteiger partial charge on any atom is -0.461 e. The van der Waals surface area contributed by atoms with Gasteiger partial charge in [-0.1, -0.05) is 22.0 Å². The molecule has 14 heavy (non-hydrogen) atoms. The third-order valence-electron chi connectivity index (χ3n) is 2.68. The lowest BCUT2D eigenvalue weighted by Crippen LogP contribution is -2.22. The van der Waals surface area contributed by atoms with Crippen molar-refractivity contribution in [3.8, 4) is 0 Å². The van der Waals surface area contributed by atoms with Gasteiger partial charge in [0.1, 0.15) is 11.3 Å². The van der Waals surface area contributed by atoms with Crippen molar-refractivity contribution < 1.29 is 4.42 Å². The largest absolute Gasteiger partial charge is 0.461 e. The molecule has 0 radical (unpaired) electrons. The molecule has 72 valence electrons. The van der Waals surface area contributed by atoms with Crippen LogP contribution in [0.3, 0.4) is 0 Å². The topological polar surface area (TPSA) is 25.2 Å². The normalized spacial score (nSPS) is 15.8. The maximum atomic E-state index is 5.80. The van der Waals surface area contributed by atoms with Crippen LogP contribution in [0.5, 0.6) is 0 Å². The van der Waals surface area contributed by atoms with Crippen molar-refractivity contribution in [2.75, 3.05) is 6.54 Å². The van der Waals surface area contributed by atoms with Crippen LogP contribution in [0.2, 0.25) is 0 Å². The molecule has 1 N–H and O–H groups in total. The van der Waals surface area contributed by atoms with Crippen LogP contribution in [0.25, 0.3) is 11.0 Å². The molecule has 3 heteroatoms. The quantitative estimate of drug-likeness (QED) is 0.779. The SMILES string of the molecule is Brc1cccc2oc3c(c12)CNCC3. The van der Waals surface area contributed by atoms with Crippen LogP contribution in [0.15, 0.2) is 27.1 Å². The van der Waals surface area contributed by atoms with Crippen LogP contribution in [0.1, 0.15) is 11.3 Å². The maximum Gasteiger partial charge on any atom is 0.135 e.